The van der Waals surface area contributed by atoms with Crippen LogP contribution in [0.2, 0.25) is 0 Å². The highest BCUT2D eigenvalue weighted by molar-refractivity contribution is 7.91. The smallest absolute Gasteiger partial charge is 0.227 e. The molecule has 0 bridgehead atoms. The maximum Gasteiger partial charge on any atom is 0.227 e. The summed E-state index contributed by atoms with van der Waals surface area (Å²) in [6.45, 7) is 0.355. The molecule has 1 amide bonds. The minimum absolute atomic E-state index is 0.0767. The summed E-state index contributed by atoms with van der Waals surface area (Å²) in [4.78, 5) is 13.9. The molecule has 2 aromatic rings. The van der Waals surface area contributed by atoms with E-state index in [1.165, 1.54) is 11.0 Å². The number of carbonyl (C=O) groups excluding carboxylic acids is 1. The summed E-state index contributed by atoms with van der Waals surface area (Å²) in [6.07, 6.45) is 0.0755. The SMILES string of the molecule is O=C(Cc1ccc(F)cc1F)N1CC[C@@H](c2ccccc2)S(=O)(=O)CC1. The van der Waals surface area contributed by atoms with E-state index in [4.69, 9.17) is 0 Å². The Morgan fingerprint density at radius 1 is 1.08 bits per heavy atom. The molecule has 1 heterocycles. The van der Waals surface area contributed by atoms with Gasteiger partial charge in [-0.2, -0.15) is 0 Å². The van der Waals surface area contributed by atoms with Crippen LogP contribution >= 0.6 is 0 Å². The van der Waals surface area contributed by atoms with Crippen LogP contribution in [-0.4, -0.2) is 38.1 Å². The molecule has 0 unspecified atom stereocenters. The molecule has 1 saturated heterocycles. The zero-order chi connectivity index (χ0) is 18.7. The van der Waals surface area contributed by atoms with Crippen LogP contribution in [0.5, 0.6) is 0 Å². The zero-order valence-electron chi connectivity index (χ0n) is 14.1. The van der Waals surface area contributed by atoms with Crippen LogP contribution in [0.25, 0.3) is 0 Å². The van der Waals surface area contributed by atoms with E-state index < -0.39 is 26.7 Å². The highest BCUT2D eigenvalue weighted by Gasteiger charge is 2.32. The lowest BCUT2D eigenvalue weighted by molar-refractivity contribution is -0.130. The summed E-state index contributed by atoms with van der Waals surface area (Å²) >= 11 is 0. The molecule has 1 aliphatic rings. The third kappa shape index (κ3) is 4.09. The monoisotopic (exact) mass is 379 g/mol. The van der Waals surface area contributed by atoms with Gasteiger partial charge < -0.3 is 4.90 Å². The Labute approximate surface area is 151 Å². The molecule has 138 valence electrons. The summed E-state index contributed by atoms with van der Waals surface area (Å²) in [5.74, 6) is -1.97. The van der Waals surface area contributed by atoms with Crippen LogP contribution < -0.4 is 0 Å². The van der Waals surface area contributed by atoms with Gasteiger partial charge in [0, 0.05) is 19.2 Å². The van der Waals surface area contributed by atoms with Gasteiger partial charge in [-0.1, -0.05) is 36.4 Å². The average molecular weight is 379 g/mol. The van der Waals surface area contributed by atoms with Gasteiger partial charge in [0.1, 0.15) is 11.6 Å². The van der Waals surface area contributed by atoms with Crippen molar-refractivity contribution in [3.8, 4) is 0 Å². The molecule has 0 aliphatic carbocycles. The number of halogens is 2. The number of carbonyl (C=O) groups is 1. The molecule has 0 N–H and O–H groups in total. The van der Waals surface area contributed by atoms with Crippen LogP contribution in [0, 0.1) is 11.6 Å². The van der Waals surface area contributed by atoms with Crippen LogP contribution in [0.1, 0.15) is 22.8 Å². The molecule has 2 aromatic carbocycles. The number of rotatable bonds is 3. The lowest BCUT2D eigenvalue weighted by Crippen LogP contribution is -2.34. The molecular weight excluding hydrogens is 360 g/mol. The van der Waals surface area contributed by atoms with Gasteiger partial charge in [-0.15, -0.1) is 0 Å². The van der Waals surface area contributed by atoms with Gasteiger partial charge in [0.05, 0.1) is 17.4 Å². The summed E-state index contributed by atoms with van der Waals surface area (Å²) in [6, 6.07) is 12.0. The van der Waals surface area contributed by atoms with Crippen molar-refractivity contribution in [3.05, 3.63) is 71.3 Å². The van der Waals surface area contributed by atoms with Gasteiger partial charge in [-0.05, 0) is 23.6 Å². The summed E-state index contributed by atoms with van der Waals surface area (Å²) in [7, 11) is -3.38. The van der Waals surface area contributed by atoms with Crippen molar-refractivity contribution in [2.24, 2.45) is 0 Å². The maximum absolute atomic E-state index is 13.8. The van der Waals surface area contributed by atoms with Crippen molar-refractivity contribution in [3.63, 3.8) is 0 Å². The van der Waals surface area contributed by atoms with E-state index in [2.05, 4.69) is 0 Å². The highest BCUT2D eigenvalue weighted by atomic mass is 32.2. The van der Waals surface area contributed by atoms with Crippen molar-refractivity contribution in [1.82, 2.24) is 4.90 Å². The van der Waals surface area contributed by atoms with Gasteiger partial charge in [-0.3, -0.25) is 4.79 Å². The quantitative estimate of drug-likeness (QED) is 0.824. The average Bonchev–Trinajstić information content (AvgIpc) is 2.76. The standard InChI is InChI=1S/C19H19F2NO3S/c20-16-7-6-15(17(21)13-16)12-19(23)22-9-8-18(26(24,25)11-10-22)14-4-2-1-3-5-14/h1-7,13,18H,8-12H2/t18-/m0/s1. The summed E-state index contributed by atoms with van der Waals surface area (Å²) in [5.41, 5.74) is 0.814. The molecule has 0 radical (unpaired) electrons. The van der Waals surface area contributed by atoms with Gasteiger partial charge in [-0.25, -0.2) is 17.2 Å². The molecule has 1 aliphatic heterocycles. The van der Waals surface area contributed by atoms with Crippen LogP contribution in [0.4, 0.5) is 8.78 Å². The Morgan fingerprint density at radius 2 is 1.81 bits per heavy atom. The molecule has 1 fully saturated rings. The van der Waals surface area contributed by atoms with Crippen molar-refractivity contribution >= 4 is 15.7 Å². The zero-order valence-corrected chi connectivity index (χ0v) is 14.9. The van der Waals surface area contributed by atoms with Crippen LogP contribution in [0.15, 0.2) is 48.5 Å². The molecule has 26 heavy (non-hydrogen) atoms. The lowest BCUT2D eigenvalue weighted by atomic mass is 10.1. The predicted molar refractivity (Wildman–Crippen MR) is 94.2 cm³/mol. The Morgan fingerprint density at radius 3 is 2.50 bits per heavy atom. The summed E-state index contributed by atoms with van der Waals surface area (Å²) < 4.78 is 51.9. The number of sulfone groups is 1. The predicted octanol–water partition coefficient (Wildman–Crippen LogP) is 2.90. The van der Waals surface area contributed by atoms with E-state index in [0.717, 1.165) is 12.1 Å². The lowest BCUT2D eigenvalue weighted by Gasteiger charge is -2.20. The Kier molecular flexibility index (Phi) is 5.36. The molecule has 1 atom stereocenters. The third-order valence-electron chi connectivity index (χ3n) is 4.62. The minimum Gasteiger partial charge on any atom is -0.341 e. The van der Waals surface area contributed by atoms with Crippen LogP contribution in [-0.2, 0) is 21.1 Å². The first-order chi connectivity index (χ1) is 12.4. The second kappa shape index (κ2) is 7.53. The van der Waals surface area contributed by atoms with Crippen molar-refractivity contribution in [1.29, 1.82) is 0 Å². The molecule has 0 saturated carbocycles. The maximum atomic E-state index is 13.8. The molecule has 4 nitrogen and oxygen atoms in total. The van der Waals surface area contributed by atoms with E-state index in [1.54, 1.807) is 24.3 Å². The van der Waals surface area contributed by atoms with E-state index in [-0.39, 0.29) is 36.7 Å². The van der Waals surface area contributed by atoms with Crippen molar-refractivity contribution < 1.29 is 22.0 Å². The molecular formula is C19H19F2NO3S. The summed E-state index contributed by atoms with van der Waals surface area (Å²) in [5, 5.41) is -0.649. The fourth-order valence-electron chi connectivity index (χ4n) is 3.18. The number of nitrogens with zero attached hydrogens (tertiary/aromatic N) is 1. The van der Waals surface area contributed by atoms with Crippen LogP contribution in [0.3, 0.4) is 0 Å². The van der Waals surface area contributed by atoms with E-state index in [1.807, 2.05) is 6.07 Å². The van der Waals surface area contributed by atoms with E-state index in [9.17, 15) is 22.0 Å². The minimum atomic E-state index is -3.38. The normalized spacial score (nSPS) is 19.8. The Balaban J connectivity index is 1.74. The van der Waals surface area contributed by atoms with Gasteiger partial charge in [0.25, 0.3) is 0 Å². The highest BCUT2D eigenvalue weighted by Crippen LogP contribution is 2.29. The van der Waals surface area contributed by atoms with E-state index >= 15 is 0 Å². The number of benzene rings is 2. The molecule has 0 aromatic heterocycles. The molecule has 7 heteroatoms. The number of hydrogen-bond donors (Lipinski definition) is 0. The fourth-order valence-corrected chi connectivity index (χ4v) is 4.97. The second-order valence-corrected chi connectivity index (χ2v) is 8.65. The number of hydrogen-bond acceptors (Lipinski definition) is 3. The van der Waals surface area contributed by atoms with Crippen molar-refractivity contribution in [2.75, 3.05) is 18.8 Å². The first-order valence-corrected chi connectivity index (χ1v) is 10.1. The van der Waals surface area contributed by atoms with Gasteiger partial charge in [0.2, 0.25) is 5.91 Å². The second-order valence-electron chi connectivity index (χ2n) is 6.35. The van der Waals surface area contributed by atoms with Gasteiger partial charge >= 0.3 is 0 Å². The largest absolute Gasteiger partial charge is 0.341 e. The van der Waals surface area contributed by atoms with Gasteiger partial charge in [0.15, 0.2) is 9.84 Å². The topological polar surface area (TPSA) is 54.5 Å². The van der Waals surface area contributed by atoms with Crippen molar-refractivity contribution in [2.45, 2.75) is 18.1 Å². The Hall–Kier alpha value is -2.28. The molecule has 3 rings (SSSR count). The number of amides is 1. The first kappa shape index (κ1) is 18.5. The fraction of sp³-hybridized carbons (Fsp3) is 0.316. The van der Waals surface area contributed by atoms with E-state index in [0.29, 0.717) is 12.0 Å². The third-order valence-corrected chi connectivity index (χ3v) is 6.75. The Bertz CT molecular complexity index is 900. The molecule has 0 spiro atoms. The first-order valence-electron chi connectivity index (χ1n) is 8.35.